The van der Waals surface area contributed by atoms with Crippen LogP contribution in [-0.2, 0) is 0 Å². The number of benzene rings is 1. The molecule has 0 saturated heterocycles. The van der Waals surface area contributed by atoms with E-state index in [1.807, 2.05) is 18.2 Å². The number of nitrogen functional groups attached to an aromatic ring is 1. The topological polar surface area (TPSA) is 47.3 Å². The van der Waals surface area contributed by atoms with Gasteiger partial charge in [0.05, 0.1) is 12.3 Å². The molecule has 3 nitrogen and oxygen atoms in total. The highest BCUT2D eigenvalue weighted by molar-refractivity contribution is 5.61. The van der Waals surface area contributed by atoms with Gasteiger partial charge < -0.3 is 15.8 Å². The number of hydrogen-bond acceptors (Lipinski definition) is 3. The van der Waals surface area contributed by atoms with Crippen molar-refractivity contribution in [2.75, 3.05) is 24.2 Å². The van der Waals surface area contributed by atoms with Gasteiger partial charge in [-0.1, -0.05) is 33.1 Å². The monoisotopic (exact) mass is 276 g/mol. The van der Waals surface area contributed by atoms with E-state index in [-0.39, 0.29) is 0 Å². The van der Waals surface area contributed by atoms with Crippen LogP contribution in [0, 0.1) is 11.8 Å². The second kappa shape index (κ2) is 7.41. The predicted octanol–water partition coefficient (Wildman–Crippen LogP) is 4.30. The smallest absolute Gasteiger partial charge is 0.144 e. The molecule has 1 fully saturated rings. The Morgan fingerprint density at radius 2 is 2.10 bits per heavy atom. The Balaban J connectivity index is 1.91. The Hall–Kier alpha value is -1.38. The van der Waals surface area contributed by atoms with Crippen LogP contribution >= 0.6 is 0 Å². The molecule has 1 aromatic carbocycles. The zero-order valence-electron chi connectivity index (χ0n) is 12.8. The van der Waals surface area contributed by atoms with Crippen LogP contribution in [0.1, 0.15) is 46.0 Å². The van der Waals surface area contributed by atoms with E-state index in [2.05, 4.69) is 19.2 Å². The normalized spacial score (nSPS) is 22.5. The highest BCUT2D eigenvalue weighted by Crippen LogP contribution is 2.31. The zero-order valence-corrected chi connectivity index (χ0v) is 12.8. The first-order chi connectivity index (χ1) is 9.70. The third-order valence-electron chi connectivity index (χ3n) is 4.33. The summed E-state index contributed by atoms with van der Waals surface area (Å²) < 4.78 is 5.67. The maximum absolute atomic E-state index is 5.94. The van der Waals surface area contributed by atoms with Gasteiger partial charge in [0.25, 0.3) is 0 Å². The minimum atomic E-state index is 0.716. The van der Waals surface area contributed by atoms with Crippen LogP contribution in [0.3, 0.4) is 0 Å². The molecule has 2 unspecified atom stereocenters. The molecule has 0 heterocycles. The van der Waals surface area contributed by atoms with E-state index in [1.54, 1.807) is 0 Å². The zero-order chi connectivity index (χ0) is 14.4. The summed E-state index contributed by atoms with van der Waals surface area (Å²) in [7, 11) is 0. The number of anilines is 2. The maximum Gasteiger partial charge on any atom is 0.144 e. The Bertz CT molecular complexity index is 419. The molecule has 1 saturated carbocycles. The quantitative estimate of drug-likeness (QED) is 0.762. The molecule has 1 aliphatic rings. The van der Waals surface area contributed by atoms with Gasteiger partial charge in [0.1, 0.15) is 5.75 Å². The van der Waals surface area contributed by atoms with Crippen molar-refractivity contribution in [1.82, 2.24) is 0 Å². The van der Waals surface area contributed by atoms with Crippen molar-refractivity contribution in [2.24, 2.45) is 11.8 Å². The summed E-state index contributed by atoms with van der Waals surface area (Å²) >= 11 is 0. The Morgan fingerprint density at radius 3 is 2.85 bits per heavy atom. The molecule has 1 aromatic rings. The molecule has 0 amide bonds. The summed E-state index contributed by atoms with van der Waals surface area (Å²) in [6.45, 7) is 6.25. The van der Waals surface area contributed by atoms with E-state index in [4.69, 9.17) is 10.5 Å². The second-order valence-electron chi connectivity index (χ2n) is 6.00. The molecule has 0 aromatic heterocycles. The van der Waals surface area contributed by atoms with Crippen LogP contribution in [-0.4, -0.2) is 13.2 Å². The van der Waals surface area contributed by atoms with Gasteiger partial charge in [-0.2, -0.15) is 0 Å². The fourth-order valence-electron chi connectivity index (χ4n) is 2.93. The molecular weight excluding hydrogens is 248 g/mol. The van der Waals surface area contributed by atoms with Crippen LogP contribution in [0.15, 0.2) is 18.2 Å². The van der Waals surface area contributed by atoms with E-state index >= 15 is 0 Å². The molecule has 0 radical (unpaired) electrons. The first-order valence-corrected chi connectivity index (χ1v) is 7.97. The highest BCUT2D eigenvalue weighted by atomic mass is 16.5. The fourth-order valence-corrected chi connectivity index (χ4v) is 2.93. The molecule has 1 aliphatic carbocycles. The lowest BCUT2D eigenvalue weighted by molar-refractivity contribution is 0.268. The third-order valence-corrected chi connectivity index (χ3v) is 4.33. The molecule has 3 N–H and O–H groups in total. The summed E-state index contributed by atoms with van der Waals surface area (Å²) in [5.41, 5.74) is 7.77. The second-order valence-corrected chi connectivity index (χ2v) is 6.00. The fraction of sp³-hybridized carbons (Fsp3) is 0.647. The van der Waals surface area contributed by atoms with E-state index in [1.165, 1.54) is 25.7 Å². The van der Waals surface area contributed by atoms with Crippen molar-refractivity contribution in [3.05, 3.63) is 18.2 Å². The van der Waals surface area contributed by atoms with Gasteiger partial charge in [0.15, 0.2) is 0 Å². The van der Waals surface area contributed by atoms with Crippen LogP contribution in [0.25, 0.3) is 0 Å². The predicted molar refractivity (Wildman–Crippen MR) is 86.3 cm³/mol. The van der Waals surface area contributed by atoms with Crippen LogP contribution in [0.2, 0.25) is 0 Å². The summed E-state index contributed by atoms with van der Waals surface area (Å²) in [5, 5.41) is 3.55. The van der Waals surface area contributed by atoms with Gasteiger partial charge in [0, 0.05) is 18.3 Å². The number of hydrogen-bond donors (Lipinski definition) is 2. The van der Waals surface area contributed by atoms with Crippen molar-refractivity contribution in [1.29, 1.82) is 0 Å². The van der Waals surface area contributed by atoms with Crippen molar-refractivity contribution >= 4 is 11.4 Å². The number of ether oxygens (including phenoxy) is 1. The minimum Gasteiger partial charge on any atom is -0.491 e. The van der Waals surface area contributed by atoms with Gasteiger partial charge in [-0.25, -0.2) is 0 Å². The van der Waals surface area contributed by atoms with Crippen molar-refractivity contribution in [3.63, 3.8) is 0 Å². The van der Waals surface area contributed by atoms with Crippen molar-refractivity contribution in [2.45, 2.75) is 46.0 Å². The Morgan fingerprint density at radius 1 is 1.30 bits per heavy atom. The van der Waals surface area contributed by atoms with Gasteiger partial charge in [-0.05, 0) is 36.8 Å². The lowest BCUT2D eigenvalue weighted by Crippen LogP contribution is -2.24. The SMILES string of the molecule is CCCOc1cc(NCC2CCCCC2C)ccc1N. The molecule has 112 valence electrons. The van der Waals surface area contributed by atoms with E-state index < -0.39 is 0 Å². The first-order valence-electron chi connectivity index (χ1n) is 7.97. The van der Waals surface area contributed by atoms with Crippen molar-refractivity contribution in [3.8, 4) is 5.75 Å². The van der Waals surface area contributed by atoms with Gasteiger partial charge in [-0.3, -0.25) is 0 Å². The first kappa shape index (κ1) is 15.0. The summed E-state index contributed by atoms with van der Waals surface area (Å²) in [6, 6.07) is 6.00. The average molecular weight is 276 g/mol. The number of nitrogens with two attached hydrogens (primary N) is 1. The molecule has 2 rings (SSSR count). The summed E-state index contributed by atoms with van der Waals surface area (Å²) in [4.78, 5) is 0. The molecule has 0 aliphatic heterocycles. The summed E-state index contributed by atoms with van der Waals surface area (Å²) in [5.74, 6) is 2.43. The van der Waals surface area contributed by atoms with E-state index in [9.17, 15) is 0 Å². The van der Waals surface area contributed by atoms with Crippen LogP contribution in [0.4, 0.5) is 11.4 Å². The van der Waals surface area contributed by atoms with Gasteiger partial charge >= 0.3 is 0 Å². The Kier molecular flexibility index (Phi) is 5.57. The van der Waals surface area contributed by atoms with Crippen LogP contribution in [0.5, 0.6) is 5.75 Å². The number of rotatable bonds is 6. The molecule has 0 bridgehead atoms. The van der Waals surface area contributed by atoms with Gasteiger partial charge in [-0.15, -0.1) is 0 Å². The minimum absolute atomic E-state index is 0.716. The standard InChI is InChI=1S/C17H28N2O/c1-3-10-20-17-11-15(8-9-16(17)18)19-12-14-7-5-4-6-13(14)2/h8-9,11,13-14,19H,3-7,10,12,18H2,1-2H3. The lowest BCUT2D eigenvalue weighted by Gasteiger charge is -2.29. The molecule has 2 atom stereocenters. The third kappa shape index (κ3) is 4.06. The largest absolute Gasteiger partial charge is 0.491 e. The van der Waals surface area contributed by atoms with Gasteiger partial charge in [0.2, 0.25) is 0 Å². The molecular formula is C17H28N2O. The number of nitrogens with one attached hydrogen (secondary N) is 1. The van der Waals surface area contributed by atoms with Crippen LogP contribution < -0.4 is 15.8 Å². The molecule has 3 heteroatoms. The van der Waals surface area contributed by atoms with E-state index in [0.29, 0.717) is 6.61 Å². The molecule has 0 spiro atoms. The van der Waals surface area contributed by atoms with Crippen molar-refractivity contribution < 1.29 is 4.74 Å². The lowest BCUT2D eigenvalue weighted by atomic mass is 9.80. The highest BCUT2D eigenvalue weighted by Gasteiger charge is 2.20. The molecule has 20 heavy (non-hydrogen) atoms. The maximum atomic E-state index is 5.94. The Labute approximate surface area is 122 Å². The van der Waals surface area contributed by atoms with E-state index in [0.717, 1.165) is 41.9 Å². The summed E-state index contributed by atoms with van der Waals surface area (Å²) in [6.07, 6.45) is 6.50. The average Bonchev–Trinajstić information content (AvgIpc) is 2.46.